The zero-order valence-electron chi connectivity index (χ0n) is 12.6. The molecular weight excluding hydrogens is 274 g/mol. The van der Waals surface area contributed by atoms with Crippen LogP contribution in [-0.4, -0.2) is 37.6 Å². The summed E-state index contributed by atoms with van der Waals surface area (Å²) >= 11 is 6.03. The van der Waals surface area contributed by atoms with Crippen molar-refractivity contribution in [1.29, 1.82) is 0 Å². The van der Waals surface area contributed by atoms with Crippen LogP contribution in [0.4, 0.5) is 4.79 Å². The van der Waals surface area contributed by atoms with Gasteiger partial charge < -0.3 is 15.5 Å². The van der Waals surface area contributed by atoms with Gasteiger partial charge in [-0.1, -0.05) is 30.7 Å². The predicted octanol–water partition coefficient (Wildman–Crippen LogP) is 3.04. The molecule has 2 N–H and O–H groups in total. The van der Waals surface area contributed by atoms with Gasteiger partial charge in [0.2, 0.25) is 0 Å². The predicted molar refractivity (Wildman–Crippen MR) is 84.2 cm³/mol. The van der Waals surface area contributed by atoms with Gasteiger partial charge in [-0.3, -0.25) is 0 Å². The number of nitrogens with one attached hydrogen (secondary N) is 2. The second kappa shape index (κ2) is 8.12. The van der Waals surface area contributed by atoms with Crippen LogP contribution in [-0.2, 0) is 0 Å². The van der Waals surface area contributed by atoms with E-state index in [0.29, 0.717) is 11.6 Å². The fourth-order valence-electron chi connectivity index (χ4n) is 1.88. The molecule has 5 heteroatoms. The number of carbonyl (C=O) groups excluding carboxylic acids is 1. The molecule has 0 aliphatic rings. The third kappa shape index (κ3) is 5.39. The highest BCUT2D eigenvalue weighted by molar-refractivity contribution is 6.30. The first-order valence-electron chi connectivity index (χ1n) is 6.90. The summed E-state index contributed by atoms with van der Waals surface area (Å²) < 4.78 is 0. The molecule has 1 aromatic rings. The van der Waals surface area contributed by atoms with Crippen LogP contribution in [0.15, 0.2) is 24.3 Å². The van der Waals surface area contributed by atoms with Gasteiger partial charge in [0.1, 0.15) is 0 Å². The number of likely N-dealkylation sites (N-methyl/N-ethyl adjacent to an activating group) is 1. The van der Waals surface area contributed by atoms with E-state index in [1.165, 1.54) is 0 Å². The van der Waals surface area contributed by atoms with Crippen molar-refractivity contribution >= 4 is 17.6 Å². The van der Waals surface area contributed by atoms with Crippen molar-refractivity contribution < 1.29 is 4.79 Å². The minimum atomic E-state index is -0.131. The molecule has 0 saturated carbocycles. The Morgan fingerprint density at radius 3 is 2.65 bits per heavy atom. The van der Waals surface area contributed by atoms with Gasteiger partial charge in [0.25, 0.3) is 0 Å². The molecule has 0 aromatic heterocycles. The van der Waals surface area contributed by atoms with Crippen molar-refractivity contribution in [1.82, 2.24) is 15.5 Å². The summed E-state index contributed by atoms with van der Waals surface area (Å²) in [5.41, 5.74) is 1.09. The van der Waals surface area contributed by atoms with Gasteiger partial charge >= 0.3 is 6.03 Å². The van der Waals surface area contributed by atoms with Crippen molar-refractivity contribution in [2.75, 3.05) is 20.6 Å². The van der Waals surface area contributed by atoms with Crippen LogP contribution < -0.4 is 10.6 Å². The summed E-state index contributed by atoms with van der Waals surface area (Å²) in [5.74, 6) is 0. The molecule has 2 atom stereocenters. The average molecular weight is 298 g/mol. The van der Waals surface area contributed by atoms with Gasteiger partial charge in [-0.15, -0.1) is 0 Å². The van der Waals surface area contributed by atoms with Gasteiger partial charge in [-0.05, 0) is 45.1 Å². The van der Waals surface area contributed by atoms with E-state index in [0.717, 1.165) is 12.0 Å². The zero-order chi connectivity index (χ0) is 15.1. The summed E-state index contributed by atoms with van der Waals surface area (Å²) in [6.45, 7) is 4.56. The maximum absolute atomic E-state index is 11.8. The lowest BCUT2D eigenvalue weighted by Gasteiger charge is -2.25. The van der Waals surface area contributed by atoms with Crippen LogP contribution in [0.5, 0.6) is 0 Å². The number of hydrogen-bond acceptors (Lipinski definition) is 2. The quantitative estimate of drug-likeness (QED) is 0.847. The molecule has 2 unspecified atom stereocenters. The Hall–Kier alpha value is -1.26. The van der Waals surface area contributed by atoms with Gasteiger partial charge in [0, 0.05) is 17.6 Å². The van der Waals surface area contributed by atoms with E-state index in [1.54, 1.807) is 0 Å². The molecule has 0 fully saturated rings. The van der Waals surface area contributed by atoms with E-state index < -0.39 is 0 Å². The number of halogens is 1. The smallest absolute Gasteiger partial charge is 0.315 e. The van der Waals surface area contributed by atoms with Crippen molar-refractivity contribution in [3.8, 4) is 0 Å². The first kappa shape index (κ1) is 16.8. The largest absolute Gasteiger partial charge is 0.336 e. The molecular formula is C15H24ClN3O. The maximum atomic E-state index is 11.8. The zero-order valence-corrected chi connectivity index (χ0v) is 13.4. The topological polar surface area (TPSA) is 44.4 Å². The molecule has 1 rings (SSSR count). The summed E-state index contributed by atoms with van der Waals surface area (Å²) in [4.78, 5) is 13.8. The maximum Gasteiger partial charge on any atom is 0.315 e. The van der Waals surface area contributed by atoms with Crippen molar-refractivity contribution in [2.45, 2.75) is 32.4 Å². The summed E-state index contributed by atoms with van der Waals surface area (Å²) in [7, 11) is 3.97. The van der Waals surface area contributed by atoms with E-state index in [2.05, 4.69) is 15.5 Å². The van der Waals surface area contributed by atoms with E-state index in [-0.39, 0.29) is 18.1 Å². The van der Waals surface area contributed by atoms with Gasteiger partial charge in [0.15, 0.2) is 0 Å². The van der Waals surface area contributed by atoms with Crippen LogP contribution in [0.2, 0.25) is 5.02 Å². The van der Waals surface area contributed by atoms with E-state index in [4.69, 9.17) is 11.6 Å². The van der Waals surface area contributed by atoms with Crippen molar-refractivity contribution in [2.24, 2.45) is 0 Å². The minimum Gasteiger partial charge on any atom is -0.336 e. The van der Waals surface area contributed by atoms with Crippen LogP contribution in [0.3, 0.4) is 0 Å². The third-order valence-electron chi connectivity index (χ3n) is 3.30. The van der Waals surface area contributed by atoms with E-state index in [1.807, 2.05) is 52.2 Å². The normalized spacial score (nSPS) is 13.9. The number of rotatable bonds is 6. The Balaban J connectivity index is 2.63. The van der Waals surface area contributed by atoms with E-state index >= 15 is 0 Å². The van der Waals surface area contributed by atoms with Crippen molar-refractivity contribution in [3.63, 3.8) is 0 Å². The Bertz CT molecular complexity index is 437. The lowest BCUT2D eigenvalue weighted by atomic mass is 10.1. The van der Waals surface area contributed by atoms with Crippen LogP contribution in [0, 0.1) is 0 Å². The third-order valence-corrected chi connectivity index (χ3v) is 3.54. The molecule has 20 heavy (non-hydrogen) atoms. The van der Waals surface area contributed by atoms with Crippen molar-refractivity contribution in [3.05, 3.63) is 34.9 Å². The fraction of sp³-hybridized carbons (Fsp3) is 0.533. The monoisotopic (exact) mass is 297 g/mol. The second-order valence-corrected chi connectivity index (χ2v) is 5.63. The summed E-state index contributed by atoms with van der Waals surface area (Å²) in [6.07, 6.45) is 0.915. The molecule has 0 radical (unpaired) electrons. The summed E-state index contributed by atoms with van der Waals surface area (Å²) in [6, 6.07) is 7.86. The number of urea groups is 1. The average Bonchev–Trinajstić information content (AvgIpc) is 2.38. The molecule has 112 valence electrons. The first-order chi connectivity index (χ1) is 9.43. The standard InChI is InChI=1S/C15H24ClN3O/c1-5-11(2)18-15(20)17-10-14(19(3)4)12-7-6-8-13(16)9-12/h6-9,11,14H,5,10H2,1-4H3,(H2,17,18,20). The molecule has 0 aliphatic carbocycles. The van der Waals surface area contributed by atoms with Crippen LogP contribution in [0.1, 0.15) is 31.9 Å². The van der Waals surface area contributed by atoms with Gasteiger partial charge in [-0.2, -0.15) is 0 Å². The minimum absolute atomic E-state index is 0.0939. The SMILES string of the molecule is CCC(C)NC(=O)NCC(c1cccc(Cl)c1)N(C)C. The number of carbonyl (C=O) groups is 1. The highest BCUT2D eigenvalue weighted by Crippen LogP contribution is 2.20. The Morgan fingerprint density at radius 2 is 2.10 bits per heavy atom. The van der Waals surface area contributed by atoms with E-state index in [9.17, 15) is 4.79 Å². The molecule has 4 nitrogen and oxygen atoms in total. The van der Waals surface area contributed by atoms with Crippen LogP contribution in [0.25, 0.3) is 0 Å². The number of hydrogen-bond donors (Lipinski definition) is 2. The van der Waals surface area contributed by atoms with Crippen LogP contribution >= 0.6 is 11.6 Å². The molecule has 0 spiro atoms. The lowest BCUT2D eigenvalue weighted by molar-refractivity contribution is 0.229. The number of amides is 2. The second-order valence-electron chi connectivity index (χ2n) is 5.20. The fourth-order valence-corrected chi connectivity index (χ4v) is 2.08. The highest BCUT2D eigenvalue weighted by Gasteiger charge is 2.16. The highest BCUT2D eigenvalue weighted by atomic mass is 35.5. The molecule has 2 amide bonds. The Kier molecular flexibility index (Phi) is 6.82. The molecule has 0 aliphatic heterocycles. The molecule has 0 heterocycles. The molecule has 0 saturated heterocycles. The summed E-state index contributed by atoms with van der Waals surface area (Å²) in [5, 5.41) is 6.51. The molecule has 1 aromatic carbocycles. The lowest BCUT2D eigenvalue weighted by Crippen LogP contribution is -2.43. The number of nitrogens with zero attached hydrogens (tertiary/aromatic N) is 1. The van der Waals surface area contributed by atoms with Gasteiger partial charge in [0.05, 0.1) is 6.04 Å². The Morgan fingerprint density at radius 1 is 1.40 bits per heavy atom. The number of benzene rings is 1. The first-order valence-corrected chi connectivity index (χ1v) is 7.28. The Labute approximate surface area is 126 Å². The molecule has 0 bridgehead atoms. The van der Waals surface area contributed by atoms with Gasteiger partial charge in [-0.25, -0.2) is 4.79 Å².